The summed E-state index contributed by atoms with van der Waals surface area (Å²) in [7, 11) is 0. The molecule has 0 spiro atoms. The second-order valence-corrected chi connectivity index (χ2v) is 4.70. The van der Waals surface area contributed by atoms with Crippen LogP contribution in [0.5, 0.6) is 5.75 Å². The van der Waals surface area contributed by atoms with Gasteiger partial charge in [0, 0.05) is 5.56 Å². The van der Waals surface area contributed by atoms with E-state index in [0.717, 1.165) is 0 Å². The topological polar surface area (TPSA) is 46.5 Å². The van der Waals surface area contributed by atoms with Crippen LogP contribution in [0.1, 0.15) is 15.9 Å². The van der Waals surface area contributed by atoms with Gasteiger partial charge in [-0.1, -0.05) is 30.3 Å². The highest BCUT2D eigenvalue weighted by Gasteiger charge is 2.55. The van der Waals surface area contributed by atoms with Gasteiger partial charge in [0.25, 0.3) is 0 Å². The highest BCUT2D eigenvalue weighted by Crippen LogP contribution is 2.39. The van der Waals surface area contributed by atoms with Crippen molar-refractivity contribution < 1.29 is 27.8 Å². The van der Waals surface area contributed by atoms with Crippen LogP contribution in [-0.2, 0) is 5.60 Å². The maximum atomic E-state index is 13.2. The lowest BCUT2D eigenvalue weighted by atomic mass is 9.94. The van der Waals surface area contributed by atoms with E-state index in [-0.39, 0.29) is 11.3 Å². The van der Waals surface area contributed by atoms with Crippen molar-refractivity contribution in [2.75, 3.05) is 6.61 Å². The molecule has 116 valence electrons. The molecular weight excluding hydrogens is 297 g/mol. The molecule has 6 heteroatoms. The van der Waals surface area contributed by atoms with Crippen LogP contribution >= 0.6 is 0 Å². The Morgan fingerprint density at radius 3 is 2.09 bits per heavy atom. The van der Waals surface area contributed by atoms with Crippen molar-refractivity contribution in [3.05, 3.63) is 65.7 Å². The molecule has 0 radical (unpaired) electrons. The third kappa shape index (κ3) is 3.28. The fraction of sp³-hybridized carbons (Fsp3) is 0.188. The molecule has 0 saturated heterocycles. The summed E-state index contributed by atoms with van der Waals surface area (Å²) in [4.78, 5) is 10.5. The standard InChI is InChI=1S/C16H13F3O3/c17-16(18,19)15(21,13-4-2-1-3-5-13)11-22-14-8-6-12(10-20)7-9-14/h1-10,21H,11H2. The number of aliphatic hydroxyl groups is 1. The number of carbonyl (C=O) groups is 1. The van der Waals surface area contributed by atoms with E-state index in [9.17, 15) is 23.1 Å². The number of aldehydes is 1. The maximum Gasteiger partial charge on any atom is 0.424 e. The summed E-state index contributed by atoms with van der Waals surface area (Å²) >= 11 is 0. The summed E-state index contributed by atoms with van der Waals surface area (Å²) in [6.45, 7) is -0.985. The molecule has 2 aromatic carbocycles. The third-order valence-electron chi connectivity index (χ3n) is 3.18. The zero-order valence-corrected chi connectivity index (χ0v) is 11.4. The molecule has 0 fully saturated rings. The summed E-state index contributed by atoms with van der Waals surface area (Å²) < 4.78 is 44.8. The van der Waals surface area contributed by atoms with E-state index in [1.54, 1.807) is 6.07 Å². The molecule has 22 heavy (non-hydrogen) atoms. The van der Waals surface area contributed by atoms with Gasteiger partial charge < -0.3 is 9.84 Å². The molecule has 0 heterocycles. The van der Waals surface area contributed by atoms with Crippen LogP contribution in [-0.4, -0.2) is 24.2 Å². The number of ether oxygens (including phenoxy) is 1. The maximum absolute atomic E-state index is 13.2. The van der Waals surface area contributed by atoms with Gasteiger partial charge in [-0.25, -0.2) is 0 Å². The molecule has 0 bridgehead atoms. The second-order valence-electron chi connectivity index (χ2n) is 4.70. The molecule has 2 aromatic rings. The highest BCUT2D eigenvalue weighted by molar-refractivity contribution is 5.74. The Hall–Kier alpha value is -2.34. The van der Waals surface area contributed by atoms with Gasteiger partial charge in [-0.15, -0.1) is 0 Å². The number of carbonyl (C=O) groups excluding carboxylic acids is 1. The number of hydrogen-bond acceptors (Lipinski definition) is 3. The summed E-state index contributed by atoms with van der Waals surface area (Å²) in [5.41, 5.74) is -3.04. The highest BCUT2D eigenvalue weighted by atomic mass is 19.4. The van der Waals surface area contributed by atoms with E-state index in [1.807, 2.05) is 0 Å². The summed E-state index contributed by atoms with van der Waals surface area (Å²) in [5.74, 6) is 0.129. The number of rotatable bonds is 5. The lowest BCUT2D eigenvalue weighted by Gasteiger charge is -2.30. The minimum absolute atomic E-state index is 0.129. The van der Waals surface area contributed by atoms with E-state index >= 15 is 0 Å². The van der Waals surface area contributed by atoms with Gasteiger partial charge in [0.05, 0.1) is 0 Å². The van der Waals surface area contributed by atoms with Gasteiger partial charge in [0.15, 0.2) is 0 Å². The molecule has 3 nitrogen and oxygen atoms in total. The first-order valence-corrected chi connectivity index (χ1v) is 6.39. The Kier molecular flexibility index (Phi) is 4.51. The van der Waals surface area contributed by atoms with Crippen LogP contribution in [0.2, 0.25) is 0 Å². The van der Waals surface area contributed by atoms with Crippen molar-refractivity contribution in [3.63, 3.8) is 0 Å². The van der Waals surface area contributed by atoms with Crippen molar-refractivity contribution in [1.82, 2.24) is 0 Å². The van der Waals surface area contributed by atoms with Crippen LogP contribution in [0.25, 0.3) is 0 Å². The number of halogens is 3. The Morgan fingerprint density at radius 1 is 1.00 bits per heavy atom. The fourth-order valence-corrected chi connectivity index (χ4v) is 1.87. The Labute approximate surface area is 125 Å². The zero-order valence-electron chi connectivity index (χ0n) is 11.4. The van der Waals surface area contributed by atoms with Crippen molar-refractivity contribution in [3.8, 4) is 5.75 Å². The quantitative estimate of drug-likeness (QED) is 0.862. The van der Waals surface area contributed by atoms with E-state index in [2.05, 4.69) is 0 Å². The monoisotopic (exact) mass is 310 g/mol. The molecule has 1 unspecified atom stereocenters. The second kappa shape index (κ2) is 6.19. The molecule has 0 aliphatic rings. The smallest absolute Gasteiger partial charge is 0.424 e. The largest absolute Gasteiger partial charge is 0.490 e. The van der Waals surface area contributed by atoms with Gasteiger partial charge in [0.2, 0.25) is 5.60 Å². The lowest BCUT2D eigenvalue weighted by Crippen LogP contribution is -2.47. The molecule has 2 rings (SSSR count). The van der Waals surface area contributed by atoms with Gasteiger partial charge in [-0.05, 0) is 29.8 Å². The van der Waals surface area contributed by atoms with E-state index in [4.69, 9.17) is 4.74 Å². The molecule has 0 amide bonds. The molecule has 0 aliphatic carbocycles. The van der Waals surface area contributed by atoms with Gasteiger partial charge in [-0.3, -0.25) is 4.79 Å². The molecule has 0 aliphatic heterocycles. The number of alkyl halides is 3. The van der Waals surface area contributed by atoms with Gasteiger partial charge in [0.1, 0.15) is 18.6 Å². The van der Waals surface area contributed by atoms with Crippen LogP contribution in [0.4, 0.5) is 13.2 Å². The van der Waals surface area contributed by atoms with Crippen LogP contribution < -0.4 is 4.74 Å². The fourth-order valence-electron chi connectivity index (χ4n) is 1.87. The summed E-state index contributed by atoms with van der Waals surface area (Å²) in [5, 5.41) is 10.1. The number of benzene rings is 2. The lowest BCUT2D eigenvalue weighted by molar-refractivity contribution is -0.275. The van der Waals surface area contributed by atoms with E-state index in [1.165, 1.54) is 48.5 Å². The predicted octanol–water partition coefficient (Wildman–Crippen LogP) is 3.33. The molecule has 1 N–H and O–H groups in total. The first-order chi connectivity index (χ1) is 10.4. The minimum Gasteiger partial charge on any atom is -0.490 e. The molecule has 0 aromatic heterocycles. The molecule has 0 saturated carbocycles. The third-order valence-corrected chi connectivity index (χ3v) is 3.18. The van der Waals surface area contributed by atoms with Crippen LogP contribution in [0, 0.1) is 0 Å². The van der Waals surface area contributed by atoms with E-state index < -0.39 is 18.4 Å². The van der Waals surface area contributed by atoms with Crippen molar-refractivity contribution in [2.24, 2.45) is 0 Å². The molecular formula is C16H13F3O3. The van der Waals surface area contributed by atoms with Crippen LogP contribution in [0.3, 0.4) is 0 Å². The predicted molar refractivity (Wildman–Crippen MR) is 73.7 cm³/mol. The Morgan fingerprint density at radius 2 is 1.59 bits per heavy atom. The van der Waals surface area contributed by atoms with Gasteiger partial charge >= 0.3 is 6.18 Å². The normalized spacial score (nSPS) is 14.2. The Bertz CT molecular complexity index is 623. The van der Waals surface area contributed by atoms with Crippen LogP contribution in [0.15, 0.2) is 54.6 Å². The van der Waals surface area contributed by atoms with Gasteiger partial charge in [-0.2, -0.15) is 13.2 Å². The average molecular weight is 310 g/mol. The van der Waals surface area contributed by atoms with Crippen molar-refractivity contribution in [1.29, 1.82) is 0 Å². The Balaban J connectivity index is 2.22. The van der Waals surface area contributed by atoms with E-state index in [0.29, 0.717) is 11.8 Å². The zero-order chi connectivity index (χ0) is 16.2. The van der Waals surface area contributed by atoms with Crippen molar-refractivity contribution >= 4 is 6.29 Å². The SMILES string of the molecule is O=Cc1ccc(OCC(O)(c2ccccc2)C(F)(F)F)cc1. The first kappa shape index (κ1) is 16.0. The summed E-state index contributed by atoms with van der Waals surface area (Å²) in [6, 6.07) is 12.3. The first-order valence-electron chi connectivity index (χ1n) is 6.39. The average Bonchev–Trinajstić information content (AvgIpc) is 2.53. The van der Waals surface area contributed by atoms with Crippen molar-refractivity contribution in [2.45, 2.75) is 11.8 Å². The minimum atomic E-state index is -4.89. The summed E-state index contributed by atoms with van der Waals surface area (Å²) in [6.07, 6.45) is -4.28. The molecule has 1 atom stereocenters. The number of hydrogen-bond donors (Lipinski definition) is 1.